The minimum atomic E-state index is -1.35. The summed E-state index contributed by atoms with van der Waals surface area (Å²) in [6, 6.07) is 0.976. The van der Waals surface area contributed by atoms with Crippen LogP contribution in [0.15, 0.2) is 17.1 Å². The summed E-state index contributed by atoms with van der Waals surface area (Å²) in [5, 5.41) is 15.2. The molecule has 1 aliphatic carbocycles. The van der Waals surface area contributed by atoms with Gasteiger partial charge < -0.3 is 29.8 Å². The van der Waals surface area contributed by atoms with E-state index in [9.17, 15) is 23.9 Å². The van der Waals surface area contributed by atoms with E-state index < -0.39 is 22.8 Å². The maximum atomic E-state index is 14.8. The molecule has 1 heterocycles. The van der Waals surface area contributed by atoms with Gasteiger partial charge in [-0.25, -0.2) is 9.18 Å². The van der Waals surface area contributed by atoms with E-state index in [-0.39, 0.29) is 35.5 Å². The van der Waals surface area contributed by atoms with Crippen molar-refractivity contribution in [2.45, 2.75) is 31.8 Å². The first-order chi connectivity index (χ1) is 13.4. The predicted octanol–water partition coefficient (Wildman–Crippen LogP) is 1.77. The highest BCUT2D eigenvalue weighted by Crippen LogP contribution is 2.42. The number of nitrogens with zero attached hydrogens (tertiary/aromatic N) is 1. The van der Waals surface area contributed by atoms with Gasteiger partial charge in [0.05, 0.1) is 24.6 Å². The van der Waals surface area contributed by atoms with E-state index in [4.69, 9.17) is 4.74 Å². The molecule has 1 aliphatic rings. The minimum Gasteiger partial charge on any atom is -0.492 e. The van der Waals surface area contributed by atoms with E-state index >= 15 is 0 Å². The monoisotopic (exact) mass is 391 g/mol. The lowest BCUT2D eigenvalue weighted by Crippen LogP contribution is -2.34. The van der Waals surface area contributed by atoms with E-state index in [1.807, 2.05) is 6.92 Å². The normalized spacial score (nSPS) is 14.7. The van der Waals surface area contributed by atoms with Crippen LogP contribution < -0.4 is 20.8 Å². The molecular formula is C19H22FN3O5. The number of anilines is 1. The fourth-order valence-corrected chi connectivity index (χ4v) is 3.19. The van der Waals surface area contributed by atoms with Gasteiger partial charge in [-0.2, -0.15) is 0 Å². The number of benzene rings is 1. The van der Waals surface area contributed by atoms with Crippen LogP contribution in [-0.2, 0) is 4.79 Å². The number of halogens is 1. The van der Waals surface area contributed by atoms with Gasteiger partial charge >= 0.3 is 5.97 Å². The van der Waals surface area contributed by atoms with Crippen LogP contribution in [0.5, 0.6) is 5.75 Å². The van der Waals surface area contributed by atoms with Crippen molar-refractivity contribution in [2.24, 2.45) is 0 Å². The summed E-state index contributed by atoms with van der Waals surface area (Å²) >= 11 is 0. The second-order valence-electron chi connectivity index (χ2n) is 6.84. The molecule has 1 saturated carbocycles. The van der Waals surface area contributed by atoms with Crippen LogP contribution in [0, 0.1) is 5.82 Å². The maximum Gasteiger partial charge on any atom is 0.341 e. The first-order valence-corrected chi connectivity index (χ1v) is 8.98. The number of methoxy groups -OCH3 is 1. The van der Waals surface area contributed by atoms with Crippen LogP contribution in [-0.4, -0.2) is 48.2 Å². The third-order valence-electron chi connectivity index (χ3n) is 4.73. The zero-order valence-electron chi connectivity index (χ0n) is 15.6. The Morgan fingerprint density at radius 1 is 1.50 bits per heavy atom. The zero-order valence-corrected chi connectivity index (χ0v) is 15.6. The highest BCUT2D eigenvalue weighted by Gasteiger charge is 2.30. The summed E-state index contributed by atoms with van der Waals surface area (Å²) in [4.78, 5) is 34.5. The predicted molar refractivity (Wildman–Crippen MR) is 102 cm³/mol. The number of hydrogen-bond donors (Lipinski definition) is 3. The van der Waals surface area contributed by atoms with Gasteiger partial charge in [0, 0.05) is 24.8 Å². The number of ether oxygens (including phenoxy) is 1. The van der Waals surface area contributed by atoms with Crippen LogP contribution in [0.25, 0.3) is 10.9 Å². The highest BCUT2D eigenvalue weighted by molar-refractivity contribution is 5.97. The standard InChI is InChI=1S/C19H22FN3O5/c1-10(21-5-6-24)8-22-15-14(20)7-12-16(18(15)28-2)23(11-3-4-11)9-13(17(12)25)19(26)27/h6-7,9-11,21-22H,3-5,8H2,1-2H3,(H,26,27). The van der Waals surface area contributed by atoms with E-state index in [0.29, 0.717) is 12.1 Å². The molecule has 0 radical (unpaired) electrons. The number of carbonyl (C=O) groups excluding carboxylic acids is 1. The van der Waals surface area contributed by atoms with Crippen LogP contribution in [0.3, 0.4) is 0 Å². The van der Waals surface area contributed by atoms with Gasteiger partial charge in [0.15, 0.2) is 11.6 Å². The molecule has 9 heteroatoms. The third kappa shape index (κ3) is 3.70. The molecule has 1 unspecified atom stereocenters. The third-order valence-corrected chi connectivity index (χ3v) is 4.73. The Balaban J connectivity index is 2.14. The summed E-state index contributed by atoms with van der Waals surface area (Å²) < 4.78 is 21.9. The van der Waals surface area contributed by atoms with E-state index in [0.717, 1.165) is 25.2 Å². The van der Waals surface area contributed by atoms with E-state index in [1.165, 1.54) is 13.3 Å². The molecule has 0 saturated heterocycles. The molecule has 0 bridgehead atoms. The average molecular weight is 391 g/mol. The molecule has 2 aromatic rings. The number of carboxylic acids is 1. The summed E-state index contributed by atoms with van der Waals surface area (Å²) in [7, 11) is 1.38. The van der Waals surface area contributed by atoms with Crippen molar-refractivity contribution >= 4 is 28.8 Å². The molecule has 8 nitrogen and oxygen atoms in total. The second kappa shape index (κ2) is 7.97. The van der Waals surface area contributed by atoms with E-state index in [1.54, 1.807) is 4.57 Å². The maximum absolute atomic E-state index is 14.8. The van der Waals surface area contributed by atoms with Crippen molar-refractivity contribution < 1.29 is 23.8 Å². The topological polar surface area (TPSA) is 110 Å². The number of rotatable bonds is 9. The quantitative estimate of drug-likeness (QED) is 0.559. The first-order valence-electron chi connectivity index (χ1n) is 8.98. The van der Waals surface area contributed by atoms with E-state index in [2.05, 4.69) is 10.6 Å². The minimum absolute atomic E-state index is 0.0289. The molecule has 3 N–H and O–H groups in total. The Morgan fingerprint density at radius 2 is 2.21 bits per heavy atom. The molecule has 0 spiro atoms. The number of hydrogen-bond acceptors (Lipinski definition) is 6. The van der Waals surface area contributed by atoms with Gasteiger partial charge in [0.1, 0.15) is 17.5 Å². The molecule has 3 rings (SSSR count). The zero-order chi connectivity index (χ0) is 20.4. The number of carboxylic acid groups (broad SMARTS) is 1. The van der Waals surface area contributed by atoms with Crippen LogP contribution in [0.4, 0.5) is 10.1 Å². The number of aromatic carboxylic acids is 1. The Labute approximate surface area is 160 Å². The van der Waals surface area contributed by atoms with Gasteiger partial charge in [-0.15, -0.1) is 0 Å². The Hall–Kier alpha value is -2.94. The molecule has 1 atom stereocenters. The first kappa shape index (κ1) is 19.8. The largest absolute Gasteiger partial charge is 0.492 e. The molecule has 0 aliphatic heterocycles. The van der Waals surface area contributed by atoms with Gasteiger partial charge in [0.25, 0.3) is 0 Å². The summed E-state index contributed by atoms with van der Waals surface area (Å²) in [6.45, 7) is 2.33. The molecule has 1 fully saturated rings. The lowest BCUT2D eigenvalue weighted by Gasteiger charge is -2.20. The lowest BCUT2D eigenvalue weighted by atomic mass is 10.1. The molecule has 1 aromatic carbocycles. The van der Waals surface area contributed by atoms with Gasteiger partial charge in [-0.1, -0.05) is 0 Å². The van der Waals surface area contributed by atoms with Crippen LogP contribution in [0.1, 0.15) is 36.2 Å². The summed E-state index contributed by atoms with van der Waals surface area (Å²) in [5.41, 5.74) is -0.679. The fraction of sp³-hybridized carbons (Fsp3) is 0.421. The van der Waals surface area contributed by atoms with Gasteiger partial charge in [0.2, 0.25) is 5.43 Å². The fourth-order valence-electron chi connectivity index (χ4n) is 3.19. The van der Waals surface area contributed by atoms with Crippen molar-refractivity contribution in [1.29, 1.82) is 0 Å². The van der Waals surface area contributed by atoms with Crippen molar-refractivity contribution in [1.82, 2.24) is 9.88 Å². The highest BCUT2D eigenvalue weighted by atomic mass is 19.1. The molecule has 28 heavy (non-hydrogen) atoms. The number of carbonyl (C=O) groups is 2. The average Bonchev–Trinajstić information content (AvgIpc) is 3.49. The number of aromatic nitrogens is 1. The van der Waals surface area contributed by atoms with Crippen molar-refractivity contribution in [2.75, 3.05) is 25.5 Å². The van der Waals surface area contributed by atoms with Crippen molar-refractivity contribution in [3.63, 3.8) is 0 Å². The number of nitrogens with one attached hydrogen (secondary N) is 2. The molecule has 0 amide bonds. The Morgan fingerprint density at radius 3 is 2.79 bits per heavy atom. The summed E-state index contributed by atoms with van der Waals surface area (Å²) in [5.74, 6) is -1.91. The van der Waals surface area contributed by atoms with Crippen LogP contribution >= 0.6 is 0 Å². The number of fused-ring (bicyclic) bond motifs is 1. The van der Waals surface area contributed by atoms with Crippen molar-refractivity contribution in [3.8, 4) is 5.75 Å². The van der Waals surface area contributed by atoms with Gasteiger partial charge in [-0.3, -0.25) is 4.79 Å². The lowest BCUT2D eigenvalue weighted by molar-refractivity contribution is -0.107. The summed E-state index contributed by atoms with van der Waals surface area (Å²) in [6.07, 6.45) is 3.73. The van der Waals surface area contributed by atoms with Crippen LogP contribution in [0.2, 0.25) is 0 Å². The Kier molecular flexibility index (Phi) is 5.64. The SMILES string of the molecule is COc1c(NCC(C)NCC=O)c(F)cc2c(=O)c(C(=O)O)cn(C3CC3)c12. The smallest absolute Gasteiger partial charge is 0.341 e. The van der Waals surface area contributed by atoms with Crippen molar-refractivity contribution in [3.05, 3.63) is 33.9 Å². The molecule has 150 valence electrons. The Bertz CT molecular complexity index is 984. The van der Waals surface area contributed by atoms with Gasteiger partial charge in [-0.05, 0) is 25.8 Å². The molecule has 1 aromatic heterocycles. The number of pyridine rings is 1. The second-order valence-corrected chi connectivity index (χ2v) is 6.84. The number of aldehydes is 1. The molecular weight excluding hydrogens is 369 g/mol.